The first-order valence-electron chi connectivity index (χ1n) is 12.0. The van der Waals surface area contributed by atoms with Crippen LogP contribution in [0.25, 0.3) is 43.8 Å². The SMILES string of the molecule is O=[N+]([O-])c1c(-c2ccccc2)ccc2ccccc12.O=[N+]([O-])c1c(-c2ccccc2)ccc2ccccc12. The Morgan fingerprint density at radius 3 is 1.11 bits per heavy atom. The van der Waals surface area contributed by atoms with Gasteiger partial charge in [-0.3, -0.25) is 20.2 Å². The molecule has 0 atom stereocenters. The Labute approximate surface area is 218 Å². The van der Waals surface area contributed by atoms with Crippen molar-refractivity contribution in [2.24, 2.45) is 0 Å². The van der Waals surface area contributed by atoms with Crippen molar-refractivity contribution in [3.8, 4) is 22.3 Å². The molecule has 0 N–H and O–H groups in total. The molecule has 6 rings (SSSR count). The third kappa shape index (κ3) is 4.83. The van der Waals surface area contributed by atoms with Crippen LogP contribution in [-0.4, -0.2) is 9.85 Å². The quantitative estimate of drug-likeness (QED) is 0.179. The Morgan fingerprint density at radius 2 is 0.737 bits per heavy atom. The molecule has 6 heteroatoms. The van der Waals surface area contributed by atoms with Crippen LogP contribution in [0.2, 0.25) is 0 Å². The van der Waals surface area contributed by atoms with E-state index in [0.29, 0.717) is 21.9 Å². The van der Waals surface area contributed by atoms with Crippen molar-refractivity contribution >= 4 is 32.9 Å². The van der Waals surface area contributed by atoms with Crippen molar-refractivity contribution in [2.45, 2.75) is 0 Å². The average molecular weight is 499 g/mol. The van der Waals surface area contributed by atoms with Crippen LogP contribution in [0.5, 0.6) is 0 Å². The fraction of sp³-hybridized carbons (Fsp3) is 0. The second-order valence-electron chi connectivity index (χ2n) is 8.61. The highest BCUT2D eigenvalue weighted by atomic mass is 16.6. The van der Waals surface area contributed by atoms with Crippen LogP contribution in [0.1, 0.15) is 0 Å². The molecule has 38 heavy (non-hydrogen) atoms. The van der Waals surface area contributed by atoms with Crippen LogP contribution in [0.15, 0.2) is 133 Å². The van der Waals surface area contributed by atoms with Gasteiger partial charge in [-0.15, -0.1) is 0 Å². The zero-order chi connectivity index (χ0) is 26.5. The second kappa shape index (κ2) is 10.7. The average Bonchev–Trinajstić information content (AvgIpc) is 2.97. The maximum absolute atomic E-state index is 11.4. The lowest BCUT2D eigenvalue weighted by atomic mass is 9.99. The van der Waals surface area contributed by atoms with Gasteiger partial charge in [-0.2, -0.15) is 0 Å². The van der Waals surface area contributed by atoms with Crippen molar-refractivity contribution in [3.05, 3.63) is 154 Å². The largest absolute Gasteiger partial charge is 0.284 e. The molecule has 0 spiro atoms. The topological polar surface area (TPSA) is 86.3 Å². The summed E-state index contributed by atoms with van der Waals surface area (Å²) >= 11 is 0. The standard InChI is InChI=1S/2C16H11NO2/c2*18-17(19)16-14-9-5-4-8-13(14)10-11-15(16)12-6-2-1-3-7-12/h2*1-11H. The lowest BCUT2D eigenvalue weighted by molar-refractivity contribution is -0.382. The summed E-state index contributed by atoms with van der Waals surface area (Å²) in [5, 5.41) is 25.9. The number of rotatable bonds is 4. The predicted octanol–water partition coefficient (Wildman–Crippen LogP) is 8.83. The van der Waals surface area contributed by atoms with Crippen LogP contribution in [0.3, 0.4) is 0 Å². The highest BCUT2D eigenvalue weighted by molar-refractivity contribution is 5.99. The smallest absolute Gasteiger partial charge is 0.258 e. The molecule has 0 heterocycles. The summed E-state index contributed by atoms with van der Waals surface area (Å²) in [5.41, 5.74) is 3.38. The molecule has 0 saturated carbocycles. The fourth-order valence-corrected chi connectivity index (χ4v) is 4.60. The summed E-state index contributed by atoms with van der Waals surface area (Å²) in [4.78, 5) is 22.2. The van der Waals surface area contributed by atoms with Gasteiger partial charge < -0.3 is 0 Å². The minimum absolute atomic E-state index is 0.171. The van der Waals surface area contributed by atoms with E-state index in [9.17, 15) is 20.2 Å². The van der Waals surface area contributed by atoms with Gasteiger partial charge >= 0.3 is 0 Å². The molecule has 6 aromatic carbocycles. The molecule has 0 bridgehead atoms. The number of hydrogen-bond acceptors (Lipinski definition) is 4. The maximum Gasteiger partial charge on any atom is 0.284 e. The molecule has 0 aliphatic heterocycles. The van der Waals surface area contributed by atoms with E-state index in [-0.39, 0.29) is 21.2 Å². The van der Waals surface area contributed by atoms with E-state index in [4.69, 9.17) is 0 Å². The van der Waals surface area contributed by atoms with Crippen LogP contribution in [0, 0.1) is 20.2 Å². The highest BCUT2D eigenvalue weighted by Gasteiger charge is 2.20. The molecule has 0 saturated heterocycles. The number of nitro benzene ring substituents is 2. The third-order valence-corrected chi connectivity index (χ3v) is 6.34. The van der Waals surface area contributed by atoms with E-state index in [1.807, 2.05) is 121 Å². The summed E-state index contributed by atoms with van der Waals surface area (Å²) in [6.45, 7) is 0. The molecule has 0 fully saturated rings. The molecule has 6 nitrogen and oxygen atoms in total. The van der Waals surface area contributed by atoms with E-state index in [2.05, 4.69) is 0 Å². The normalized spacial score (nSPS) is 10.5. The zero-order valence-corrected chi connectivity index (χ0v) is 20.2. The molecule has 0 aliphatic carbocycles. The number of fused-ring (bicyclic) bond motifs is 2. The van der Waals surface area contributed by atoms with Gasteiger partial charge in [0.1, 0.15) is 0 Å². The van der Waals surface area contributed by atoms with Gasteiger partial charge in [0.2, 0.25) is 0 Å². The summed E-state index contributed by atoms with van der Waals surface area (Å²) < 4.78 is 0. The van der Waals surface area contributed by atoms with Crippen LogP contribution in [0.4, 0.5) is 11.4 Å². The number of benzene rings is 6. The van der Waals surface area contributed by atoms with Gasteiger partial charge in [0.25, 0.3) is 11.4 Å². The number of nitro groups is 2. The molecular weight excluding hydrogens is 476 g/mol. The second-order valence-corrected chi connectivity index (χ2v) is 8.61. The Balaban J connectivity index is 0.000000155. The third-order valence-electron chi connectivity index (χ3n) is 6.34. The van der Waals surface area contributed by atoms with E-state index in [1.165, 1.54) is 0 Å². The Bertz CT molecular complexity index is 1630. The lowest BCUT2D eigenvalue weighted by Crippen LogP contribution is -1.93. The van der Waals surface area contributed by atoms with Crippen LogP contribution in [-0.2, 0) is 0 Å². The summed E-state index contributed by atoms with van der Waals surface area (Å²) in [6.07, 6.45) is 0. The summed E-state index contributed by atoms with van der Waals surface area (Å²) in [7, 11) is 0. The molecule has 0 aromatic heterocycles. The minimum Gasteiger partial charge on any atom is -0.258 e. The maximum atomic E-state index is 11.4. The van der Waals surface area contributed by atoms with E-state index >= 15 is 0 Å². The minimum atomic E-state index is -0.301. The molecular formula is C32H22N2O4. The Morgan fingerprint density at radius 1 is 0.395 bits per heavy atom. The first-order chi connectivity index (χ1) is 18.5. The van der Waals surface area contributed by atoms with Crippen molar-refractivity contribution in [1.29, 1.82) is 0 Å². The first-order valence-corrected chi connectivity index (χ1v) is 12.0. The van der Waals surface area contributed by atoms with E-state index in [1.54, 1.807) is 12.1 Å². The van der Waals surface area contributed by atoms with Crippen LogP contribution < -0.4 is 0 Å². The highest BCUT2D eigenvalue weighted by Crippen LogP contribution is 2.37. The molecule has 6 aromatic rings. The lowest BCUT2D eigenvalue weighted by Gasteiger charge is -2.06. The van der Waals surface area contributed by atoms with Gasteiger partial charge in [-0.05, 0) is 46.2 Å². The predicted molar refractivity (Wildman–Crippen MR) is 152 cm³/mol. The van der Waals surface area contributed by atoms with Crippen molar-refractivity contribution in [1.82, 2.24) is 0 Å². The van der Waals surface area contributed by atoms with Crippen molar-refractivity contribution in [3.63, 3.8) is 0 Å². The van der Waals surface area contributed by atoms with E-state index in [0.717, 1.165) is 21.9 Å². The zero-order valence-electron chi connectivity index (χ0n) is 20.2. The molecule has 0 unspecified atom stereocenters. The van der Waals surface area contributed by atoms with Gasteiger partial charge in [-0.25, -0.2) is 0 Å². The summed E-state index contributed by atoms with van der Waals surface area (Å²) in [6, 6.07) is 41.1. The Kier molecular flexibility index (Phi) is 6.87. The van der Waals surface area contributed by atoms with Gasteiger partial charge in [0, 0.05) is 0 Å². The Hall–Kier alpha value is -5.36. The van der Waals surface area contributed by atoms with Gasteiger partial charge in [0.15, 0.2) is 0 Å². The number of nitrogens with zero attached hydrogens (tertiary/aromatic N) is 2. The molecule has 0 amide bonds. The molecule has 0 radical (unpaired) electrons. The van der Waals surface area contributed by atoms with Crippen LogP contribution >= 0.6 is 0 Å². The summed E-state index contributed by atoms with van der Waals surface area (Å²) in [5.74, 6) is 0. The van der Waals surface area contributed by atoms with Crippen molar-refractivity contribution < 1.29 is 9.85 Å². The molecule has 0 aliphatic rings. The first kappa shape index (κ1) is 24.3. The monoisotopic (exact) mass is 498 g/mol. The fourth-order valence-electron chi connectivity index (χ4n) is 4.60. The van der Waals surface area contributed by atoms with Gasteiger partial charge in [-0.1, -0.05) is 109 Å². The van der Waals surface area contributed by atoms with Crippen molar-refractivity contribution in [2.75, 3.05) is 0 Å². The van der Waals surface area contributed by atoms with E-state index < -0.39 is 0 Å². The van der Waals surface area contributed by atoms with Gasteiger partial charge in [0.05, 0.1) is 31.7 Å². The number of hydrogen-bond donors (Lipinski definition) is 0. The molecule has 184 valence electrons.